The van der Waals surface area contributed by atoms with Crippen molar-refractivity contribution in [3.05, 3.63) is 71.3 Å². The minimum Gasteiger partial charge on any atom is -0.480 e. The summed E-state index contributed by atoms with van der Waals surface area (Å²) in [5.74, 6) is -1.54. The van der Waals surface area contributed by atoms with Crippen LogP contribution in [0.5, 0.6) is 0 Å². The van der Waals surface area contributed by atoms with Crippen LogP contribution >= 0.6 is 0 Å². The number of hydrogen-bond acceptors (Lipinski definition) is 3. The first-order valence-electron chi connectivity index (χ1n) is 9.82. The van der Waals surface area contributed by atoms with Gasteiger partial charge in [-0.2, -0.15) is 0 Å². The number of carboxylic acid groups (broad SMARTS) is 1. The van der Waals surface area contributed by atoms with Gasteiger partial charge in [0.25, 0.3) is 5.91 Å². The van der Waals surface area contributed by atoms with Gasteiger partial charge in [-0.15, -0.1) is 0 Å². The fourth-order valence-corrected chi connectivity index (χ4v) is 3.67. The zero-order valence-electron chi connectivity index (χ0n) is 16.7. The summed E-state index contributed by atoms with van der Waals surface area (Å²) in [6.07, 6.45) is 0.647. The van der Waals surface area contributed by atoms with Crippen LogP contribution in [0.1, 0.15) is 41.8 Å². The Balaban J connectivity index is 1.78. The van der Waals surface area contributed by atoms with Crippen LogP contribution in [-0.4, -0.2) is 39.9 Å². The minimum absolute atomic E-state index is 0.166. The number of fused-ring (bicyclic) bond motifs is 1. The molecule has 0 radical (unpaired) electrons. The lowest BCUT2D eigenvalue weighted by molar-refractivity contribution is -0.142. The average Bonchev–Trinajstić information content (AvgIpc) is 3.03. The molecule has 2 amide bonds. The predicted molar refractivity (Wildman–Crippen MR) is 109 cm³/mol. The van der Waals surface area contributed by atoms with E-state index < -0.39 is 24.0 Å². The highest BCUT2D eigenvalue weighted by Gasteiger charge is 2.37. The molecule has 0 spiro atoms. The molecule has 1 aliphatic heterocycles. The summed E-state index contributed by atoms with van der Waals surface area (Å²) in [6.45, 7) is 4.31. The van der Waals surface area contributed by atoms with Gasteiger partial charge in [0.15, 0.2) is 0 Å². The normalized spacial score (nSPS) is 15.1. The largest absolute Gasteiger partial charge is 0.480 e. The summed E-state index contributed by atoms with van der Waals surface area (Å²) < 4.78 is 0. The lowest BCUT2D eigenvalue weighted by atomic mass is 10.00. The first kappa shape index (κ1) is 20.6. The van der Waals surface area contributed by atoms with E-state index in [2.05, 4.69) is 5.32 Å². The van der Waals surface area contributed by atoms with Gasteiger partial charge in [-0.25, -0.2) is 4.79 Å². The second-order valence-electron chi connectivity index (χ2n) is 7.82. The Morgan fingerprint density at radius 3 is 2.34 bits per heavy atom. The van der Waals surface area contributed by atoms with Gasteiger partial charge >= 0.3 is 5.97 Å². The quantitative estimate of drug-likeness (QED) is 0.721. The number of aliphatic carboxylic acids is 1. The van der Waals surface area contributed by atoms with Crippen molar-refractivity contribution >= 4 is 17.8 Å². The van der Waals surface area contributed by atoms with Crippen LogP contribution in [0.25, 0.3) is 0 Å². The maximum absolute atomic E-state index is 13.1. The van der Waals surface area contributed by atoms with Gasteiger partial charge in [0, 0.05) is 18.5 Å². The Kier molecular flexibility index (Phi) is 6.32. The molecule has 0 bridgehead atoms. The summed E-state index contributed by atoms with van der Waals surface area (Å²) in [5, 5.41) is 12.3. The predicted octanol–water partition coefficient (Wildman–Crippen LogP) is 2.87. The minimum atomic E-state index is -1.10. The standard InChI is InChI=1S/C23H26N2O4/c1-15(2)12-20(25-14-17-10-6-7-11-18(17)22(25)27)21(26)24-19(23(28)29)13-16-8-4-3-5-9-16/h3-11,15,19-20H,12-14H2,1-2H3,(H,24,26)(H,28,29)/t19-,20-/m0/s1. The van der Waals surface area contributed by atoms with E-state index in [1.165, 1.54) is 0 Å². The van der Waals surface area contributed by atoms with E-state index in [4.69, 9.17) is 0 Å². The van der Waals surface area contributed by atoms with Gasteiger partial charge in [-0.3, -0.25) is 9.59 Å². The van der Waals surface area contributed by atoms with E-state index in [0.717, 1.165) is 11.1 Å². The summed E-state index contributed by atoms with van der Waals surface area (Å²) in [7, 11) is 0. The van der Waals surface area contributed by atoms with Crippen molar-refractivity contribution in [3.63, 3.8) is 0 Å². The zero-order chi connectivity index (χ0) is 21.0. The number of amides is 2. The number of benzene rings is 2. The summed E-state index contributed by atoms with van der Waals surface area (Å²) in [6, 6.07) is 14.7. The van der Waals surface area contributed by atoms with Crippen molar-refractivity contribution in [2.75, 3.05) is 0 Å². The third-order valence-electron chi connectivity index (χ3n) is 5.12. The van der Waals surface area contributed by atoms with E-state index in [-0.39, 0.29) is 18.2 Å². The maximum atomic E-state index is 13.1. The maximum Gasteiger partial charge on any atom is 0.326 e. The van der Waals surface area contributed by atoms with Crippen LogP contribution in [0.2, 0.25) is 0 Å². The van der Waals surface area contributed by atoms with E-state index in [1.807, 2.05) is 56.3 Å². The van der Waals surface area contributed by atoms with Crippen LogP contribution in [0.3, 0.4) is 0 Å². The zero-order valence-corrected chi connectivity index (χ0v) is 16.7. The number of rotatable bonds is 8. The molecule has 1 aliphatic rings. The molecule has 2 N–H and O–H groups in total. The highest BCUT2D eigenvalue weighted by Crippen LogP contribution is 2.27. The number of carbonyl (C=O) groups is 3. The summed E-state index contributed by atoms with van der Waals surface area (Å²) in [5.41, 5.74) is 2.32. The molecular weight excluding hydrogens is 368 g/mol. The number of carbonyl (C=O) groups excluding carboxylic acids is 2. The number of hydrogen-bond donors (Lipinski definition) is 2. The topological polar surface area (TPSA) is 86.7 Å². The van der Waals surface area contributed by atoms with Crippen molar-refractivity contribution in [1.29, 1.82) is 0 Å². The SMILES string of the molecule is CC(C)C[C@@H](C(=O)N[C@@H](Cc1ccccc1)C(=O)O)N1Cc2ccccc2C1=O. The molecule has 2 aromatic carbocycles. The fraction of sp³-hybridized carbons (Fsp3) is 0.348. The molecule has 0 saturated heterocycles. The number of carboxylic acids is 1. The van der Waals surface area contributed by atoms with Gasteiger partial charge in [-0.1, -0.05) is 62.4 Å². The fourth-order valence-electron chi connectivity index (χ4n) is 3.67. The van der Waals surface area contributed by atoms with Crippen LogP contribution in [0.4, 0.5) is 0 Å². The second kappa shape index (κ2) is 8.90. The molecule has 2 aromatic rings. The molecular formula is C23H26N2O4. The van der Waals surface area contributed by atoms with Crippen molar-refractivity contribution in [1.82, 2.24) is 10.2 Å². The van der Waals surface area contributed by atoms with Crippen LogP contribution in [-0.2, 0) is 22.6 Å². The summed E-state index contributed by atoms with van der Waals surface area (Å²) >= 11 is 0. The molecule has 6 heteroatoms. The lowest BCUT2D eigenvalue weighted by Crippen LogP contribution is -2.52. The smallest absolute Gasteiger partial charge is 0.326 e. The Hall–Kier alpha value is -3.15. The monoisotopic (exact) mass is 394 g/mol. The molecule has 0 aromatic heterocycles. The Morgan fingerprint density at radius 2 is 1.72 bits per heavy atom. The third kappa shape index (κ3) is 4.83. The van der Waals surface area contributed by atoms with Crippen LogP contribution in [0, 0.1) is 5.92 Å². The molecule has 0 unspecified atom stereocenters. The third-order valence-corrected chi connectivity index (χ3v) is 5.12. The average molecular weight is 394 g/mol. The lowest BCUT2D eigenvalue weighted by Gasteiger charge is -2.29. The molecule has 0 saturated carbocycles. The van der Waals surface area contributed by atoms with Gasteiger partial charge in [0.1, 0.15) is 12.1 Å². The Labute approximate surface area is 170 Å². The Bertz CT molecular complexity index is 895. The second-order valence-corrected chi connectivity index (χ2v) is 7.82. The molecule has 6 nitrogen and oxygen atoms in total. The molecule has 2 atom stereocenters. The molecule has 29 heavy (non-hydrogen) atoms. The Morgan fingerprint density at radius 1 is 1.07 bits per heavy atom. The van der Waals surface area contributed by atoms with E-state index in [1.54, 1.807) is 17.0 Å². The highest BCUT2D eigenvalue weighted by atomic mass is 16.4. The first-order chi connectivity index (χ1) is 13.9. The molecule has 0 fully saturated rings. The van der Waals surface area contributed by atoms with Gasteiger partial charge in [-0.05, 0) is 29.5 Å². The van der Waals surface area contributed by atoms with Crippen molar-refractivity contribution in [3.8, 4) is 0 Å². The van der Waals surface area contributed by atoms with E-state index in [0.29, 0.717) is 18.5 Å². The van der Waals surface area contributed by atoms with Crippen LogP contribution < -0.4 is 5.32 Å². The van der Waals surface area contributed by atoms with Crippen LogP contribution in [0.15, 0.2) is 54.6 Å². The van der Waals surface area contributed by atoms with Crippen molar-refractivity contribution in [2.45, 2.75) is 45.3 Å². The van der Waals surface area contributed by atoms with E-state index >= 15 is 0 Å². The highest BCUT2D eigenvalue weighted by molar-refractivity contribution is 6.01. The van der Waals surface area contributed by atoms with Gasteiger partial charge in [0.2, 0.25) is 5.91 Å². The van der Waals surface area contributed by atoms with Gasteiger partial charge < -0.3 is 15.3 Å². The molecule has 0 aliphatic carbocycles. The molecule has 152 valence electrons. The van der Waals surface area contributed by atoms with E-state index in [9.17, 15) is 19.5 Å². The number of nitrogens with one attached hydrogen (secondary N) is 1. The van der Waals surface area contributed by atoms with Crippen molar-refractivity contribution < 1.29 is 19.5 Å². The summed E-state index contributed by atoms with van der Waals surface area (Å²) in [4.78, 5) is 39.3. The van der Waals surface area contributed by atoms with Gasteiger partial charge in [0.05, 0.1) is 0 Å². The van der Waals surface area contributed by atoms with Crippen molar-refractivity contribution in [2.24, 2.45) is 5.92 Å². The first-order valence-corrected chi connectivity index (χ1v) is 9.82. The molecule has 1 heterocycles. The number of nitrogens with zero attached hydrogens (tertiary/aromatic N) is 1. The molecule has 3 rings (SSSR count).